The Hall–Kier alpha value is -1.12. The summed E-state index contributed by atoms with van der Waals surface area (Å²) in [5.74, 6) is 0.880. The lowest BCUT2D eigenvalue weighted by Gasteiger charge is -2.29. The highest BCUT2D eigenvalue weighted by Crippen LogP contribution is 2.30. The molecule has 1 aromatic heterocycles. The van der Waals surface area contributed by atoms with Crippen molar-refractivity contribution in [3.05, 3.63) is 24.3 Å². The van der Waals surface area contributed by atoms with Gasteiger partial charge in [-0.05, 0) is 24.5 Å². The number of para-hydroxylation sites is 1. The summed E-state index contributed by atoms with van der Waals surface area (Å²) in [7, 11) is -3.01. The van der Waals surface area contributed by atoms with E-state index < -0.39 is 9.84 Å². The zero-order valence-electron chi connectivity index (χ0n) is 14.3. The Kier molecular flexibility index (Phi) is 5.70. The molecule has 2 heterocycles. The standard InChI is InChI=1S/C17H22N2O3S3/c1-12(2)9-19(13-7-8-25(21,22)11-13)16(20)10-23-17-18-14-5-3-4-6-15(14)24-17/h3-6,12-13H,7-11H2,1-2H3/t13-/m1/s1. The fourth-order valence-corrected chi connectivity index (χ4v) is 6.67. The predicted molar refractivity (Wildman–Crippen MR) is 104 cm³/mol. The van der Waals surface area contributed by atoms with Crippen molar-refractivity contribution in [2.45, 2.75) is 30.6 Å². The van der Waals surface area contributed by atoms with Crippen LogP contribution in [0, 0.1) is 5.92 Å². The molecule has 2 aromatic rings. The van der Waals surface area contributed by atoms with Crippen LogP contribution in [-0.2, 0) is 14.6 Å². The van der Waals surface area contributed by atoms with Crippen molar-refractivity contribution in [1.82, 2.24) is 9.88 Å². The SMILES string of the molecule is CC(C)CN(C(=O)CSc1nc2ccccc2s1)[C@@H]1CCS(=O)(=O)C1. The van der Waals surface area contributed by atoms with Crippen LogP contribution < -0.4 is 0 Å². The van der Waals surface area contributed by atoms with Gasteiger partial charge in [-0.1, -0.05) is 37.7 Å². The van der Waals surface area contributed by atoms with Gasteiger partial charge >= 0.3 is 0 Å². The number of aromatic nitrogens is 1. The van der Waals surface area contributed by atoms with Crippen molar-refractivity contribution in [3.8, 4) is 0 Å². The lowest BCUT2D eigenvalue weighted by Crippen LogP contribution is -2.44. The number of nitrogens with zero attached hydrogens (tertiary/aromatic N) is 2. The fourth-order valence-electron chi connectivity index (χ4n) is 2.99. The zero-order chi connectivity index (χ0) is 18.0. The first-order valence-electron chi connectivity index (χ1n) is 8.32. The molecule has 0 aliphatic carbocycles. The predicted octanol–water partition coefficient (Wildman–Crippen LogP) is 3.06. The Balaban J connectivity index is 1.67. The zero-order valence-corrected chi connectivity index (χ0v) is 16.8. The van der Waals surface area contributed by atoms with E-state index in [4.69, 9.17) is 0 Å². The van der Waals surface area contributed by atoms with Crippen molar-refractivity contribution in [2.75, 3.05) is 23.8 Å². The summed E-state index contributed by atoms with van der Waals surface area (Å²) < 4.78 is 25.5. The molecule has 0 bridgehead atoms. The molecule has 0 spiro atoms. The average molecular weight is 399 g/mol. The van der Waals surface area contributed by atoms with Crippen LogP contribution in [0.3, 0.4) is 0 Å². The van der Waals surface area contributed by atoms with E-state index in [1.165, 1.54) is 11.8 Å². The van der Waals surface area contributed by atoms with Gasteiger partial charge in [-0.3, -0.25) is 4.79 Å². The number of carbonyl (C=O) groups is 1. The maximum absolute atomic E-state index is 12.8. The molecule has 1 atom stereocenters. The Morgan fingerprint density at radius 1 is 1.40 bits per heavy atom. The van der Waals surface area contributed by atoms with Crippen molar-refractivity contribution in [3.63, 3.8) is 0 Å². The van der Waals surface area contributed by atoms with Gasteiger partial charge in [-0.15, -0.1) is 11.3 Å². The second kappa shape index (κ2) is 7.63. The third-order valence-electron chi connectivity index (χ3n) is 4.12. The van der Waals surface area contributed by atoms with E-state index in [2.05, 4.69) is 4.98 Å². The third kappa shape index (κ3) is 4.74. The van der Waals surface area contributed by atoms with E-state index in [1.807, 2.05) is 38.1 Å². The molecule has 1 aromatic carbocycles. The Morgan fingerprint density at radius 3 is 2.80 bits per heavy atom. The summed E-state index contributed by atoms with van der Waals surface area (Å²) in [6, 6.07) is 7.73. The summed E-state index contributed by atoms with van der Waals surface area (Å²) in [5.41, 5.74) is 0.948. The Bertz CT molecular complexity index is 828. The quantitative estimate of drug-likeness (QED) is 0.700. The van der Waals surface area contributed by atoms with Crippen molar-refractivity contribution in [1.29, 1.82) is 0 Å². The van der Waals surface area contributed by atoms with Crippen LogP contribution in [0.5, 0.6) is 0 Å². The summed E-state index contributed by atoms with van der Waals surface area (Å²) in [6.45, 7) is 4.69. The summed E-state index contributed by atoms with van der Waals surface area (Å²) in [4.78, 5) is 19.1. The van der Waals surface area contributed by atoms with Gasteiger partial charge in [0.15, 0.2) is 14.2 Å². The van der Waals surface area contributed by atoms with Crippen LogP contribution in [0.1, 0.15) is 20.3 Å². The van der Waals surface area contributed by atoms with Gasteiger partial charge in [-0.2, -0.15) is 0 Å². The van der Waals surface area contributed by atoms with Gasteiger partial charge < -0.3 is 4.90 Å². The monoisotopic (exact) mass is 398 g/mol. The van der Waals surface area contributed by atoms with Crippen LogP contribution in [0.25, 0.3) is 10.2 Å². The maximum atomic E-state index is 12.8. The van der Waals surface area contributed by atoms with Crippen LogP contribution in [0.2, 0.25) is 0 Å². The first-order valence-corrected chi connectivity index (χ1v) is 11.9. The van der Waals surface area contributed by atoms with E-state index in [9.17, 15) is 13.2 Å². The molecular formula is C17H22N2O3S3. The van der Waals surface area contributed by atoms with E-state index in [0.717, 1.165) is 14.6 Å². The molecule has 25 heavy (non-hydrogen) atoms. The van der Waals surface area contributed by atoms with Gasteiger partial charge in [0.1, 0.15) is 0 Å². The lowest BCUT2D eigenvalue weighted by molar-refractivity contribution is -0.130. The topological polar surface area (TPSA) is 67.3 Å². The molecule has 0 unspecified atom stereocenters. The number of benzene rings is 1. The number of thiazole rings is 1. The van der Waals surface area contributed by atoms with Gasteiger partial charge in [0.05, 0.1) is 27.5 Å². The average Bonchev–Trinajstić information content (AvgIpc) is 3.12. The van der Waals surface area contributed by atoms with Gasteiger partial charge in [0, 0.05) is 12.6 Å². The highest BCUT2D eigenvalue weighted by atomic mass is 32.2. The molecule has 8 heteroatoms. The molecule has 1 aliphatic rings. The molecular weight excluding hydrogens is 376 g/mol. The minimum Gasteiger partial charge on any atom is -0.338 e. The fraction of sp³-hybridized carbons (Fsp3) is 0.529. The maximum Gasteiger partial charge on any atom is 0.233 e. The molecule has 0 saturated carbocycles. The number of fused-ring (bicyclic) bond motifs is 1. The number of thioether (sulfide) groups is 1. The molecule has 136 valence electrons. The van der Waals surface area contributed by atoms with E-state index in [1.54, 1.807) is 16.2 Å². The third-order valence-corrected chi connectivity index (χ3v) is 8.04. The largest absolute Gasteiger partial charge is 0.338 e. The summed E-state index contributed by atoms with van der Waals surface area (Å²) >= 11 is 3.02. The Morgan fingerprint density at radius 2 is 2.16 bits per heavy atom. The number of hydrogen-bond donors (Lipinski definition) is 0. The summed E-state index contributed by atoms with van der Waals surface area (Å²) in [5, 5.41) is 0. The molecule has 0 N–H and O–H groups in total. The number of hydrogen-bond acceptors (Lipinski definition) is 6. The smallest absolute Gasteiger partial charge is 0.233 e. The minimum absolute atomic E-state index is 0.0000520. The van der Waals surface area contributed by atoms with Crippen LogP contribution in [-0.4, -0.2) is 54.1 Å². The summed E-state index contributed by atoms with van der Waals surface area (Å²) in [6.07, 6.45) is 0.548. The number of carbonyl (C=O) groups excluding carboxylic acids is 1. The normalized spacial score (nSPS) is 19.6. The Labute approximate surface area is 156 Å². The van der Waals surface area contributed by atoms with Gasteiger partial charge in [0.25, 0.3) is 0 Å². The van der Waals surface area contributed by atoms with Crippen molar-refractivity contribution >= 4 is 49.1 Å². The second-order valence-electron chi connectivity index (χ2n) is 6.73. The lowest BCUT2D eigenvalue weighted by atomic mass is 10.1. The van der Waals surface area contributed by atoms with Crippen molar-refractivity contribution in [2.24, 2.45) is 5.92 Å². The van der Waals surface area contributed by atoms with Crippen LogP contribution in [0.4, 0.5) is 0 Å². The molecule has 3 rings (SSSR count). The van der Waals surface area contributed by atoms with E-state index in [-0.39, 0.29) is 23.5 Å². The van der Waals surface area contributed by atoms with Crippen molar-refractivity contribution < 1.29 is 13.2 Å². The van der Waals surface area contributed by atoms with Gasteiger partial charge in [0.2, 0.25) is 5.91 Å². The number of sulfone groups is 1. The first-order chi connectivity index (χ1) is 11.8. The molecule has 1 fully saturated rings. The minimum atomic E-state index is -3.01. The molecule has 0 radical (unpaired) electrons. The van der Waals surface area contributed by atoms with Crippen LogP contribution in [0.15, 0.2) is 28.6 Å². The highest BCUT2D eigenvalue weighted by Gasteiger charge is 2.34. The second-order valence-corrected chi connectivity index (χ2v) is 11.2. The van der Waals surface area contributed by atoms with E-state index in [0.29, 0.717) is 24.6 Å². The number of rotatable bonds is 6. The molecule has 1 aliphatic heterocycles. The molecule has 1 saturated heterocycles. The molecule has 1 amide bonds. The van der Waals surface area contributed by atoms with Crippen LogP contribution >= 0.6 is 23.1 Å². The highest BCUT2D eigenvalue weighted by molar-refractivity contribution is 8.01. The van der Waals surface area contributed by atoms with Gasteiger partial charge in [-0.25, -0.2) is 13.4 Å². The number of amides is 1. The molecule has 5 nitrogen and oxygen atoms in total. The van der Waals surface area contributed by atoms with E-state index >= 15 is 0 Å². The first kappa shape index (κ1) is 18.7.